The summed E-state index contributed by atoms with van der Waals surface area (Å²) in [5.41, 5.74) is 2.25. The van der Waals surface area contributed by atoms with Crippen LogP contribution in [0.15, 0.2) is 16.9 Å². The van der Waals surface area contributed by atoms with E-state index in [9.17, 15) is 4.79 Å². The zero-order chi connectivity index (χ0) is 12.9. The largest absolute Gasteiger partial charge is 0.476 e. The molecule has 92 valence electrons. The van der Waals surface area contributed by atoms with E-state index < -0.39 is 5.97 Å². The van der Waals surface area contributed by atoms with Gasteiger partial charge >= 0.3 is 5.97 Å². The molecule has 0 aliphatic carbocycles. The number of carboxylic acid groups (broad SMARTS) is 1. The minimum atomic E-state index is -1.03. The Morgan fingerprint density at radius 2 is 2.28 bits per heavy atom. The highest BCUT2D eigenvalue weighted by Crippen LogP contribution is 2.23. The number of carboxylic acids is 1. The molecule has 0 radical (unpaired) electrons. The van der Waals surface area contributed by atoms with Crippen molar-refractivity contribution in [2.75, 3.05) is 0 Å². The predicted octanol–water partition coefficient (Wildman–Crippen LogP) is 1.63. The fourth-order valence-corrected chi connectivity index (χ4v) is 1.94. The summed E-state index contributed by atoms with van der Waals surface area (Å²) in [4.78, 5) is 18.0. The number of rotatable bonds is 2. The van der Waals surface area contributed by atoms with E-state index in [4.69, 9.17) is 9.63 Å². The highest BCUT2D eigenvalue weighted by atomic mass is 16.5. The lowest BCUT2D eigenvalue weighted by Gasteiger charge is -1.92. The van der Waals surface area contributed by atoms with Crippen LogP contribution in [0.5, 0.6) is 0 Å². The molecule has 18 heavy (non-hydrogen) atoms. The normalized spacial score (nSPS) is 11.2. The second-order valence-corrected chi connectivity index (χ2v) is 4.01. The molecule has 3 aromatic heterocycles. The fourth-order valence-electron chi connectivity index (χ4n) is 1.94. The number of hydrogen-bond acceptors (Lipinski definition) is 4. The Morgan fingerprint density at radius 3 is 2.83 bits per heavy atom. The number of aromatic carboxylic acids is 1. The molecule has 0 aromatic carbocycles. The van der Waals surface area contributed by atoms with Gasteiger partial charge in [0.2, 0.25) is 5.78 Å². The molecule has 0 unspecified atom stereocenters. The molecule has 0 aliphatic heterocycles. The van der Waals surface area contributed by atoms with Crippen LogP contribution >= 0.6 is 0 Å². The number of aromatic amines is 1. The Hall–Kier alpha value is -2.57. The molecule has 3 heterocycles. The van der Waals surface area contributed by atoms with Crippen LogP contribution < -0.4 is 0 Å². The molecule has 0 saturated carbocycles. The lowest BCUT2D eigenvalue weighted by molar-refractivity contribution is 0.0690. The van der Waals surface area contributed by atoms with Crippen molar-refractivity contribution in [1.29, 1.82) is 0 Å². The van der Waals surface area contributed by atoms with Gasteiger partial charge in [0, 0.05) is 6.20 Å². The first-order valence-corrected chi connectivity index (χ1v) is 5.30. The lowest BCUT2D eigenvalue weighted by Crippen LogP contribution is -1.99. The summed E-state index contributed by atoms with van der Waals surface area (Å²) in [5, 5.41) is 12.7. The third kappa shape index (κ3) is 1.33. The smallest absolute Gasteiger partial charge is 0.356 e. The van der Waals surface area contributed by atoms with Crippen LogP contribution in [0.3, 0.4) is 0 Å². The van der Waals surface area contributed by atoms with Crippen molar-refractivity contribution in [3.8, 4) is 11.3 Å². The Balaban J connectivity index is 2.19. The third-order valence-electron chi connectivity index (χ3n) is 2.90. The van der Waals surface area contributed by atoms with Gasteiger partial charge in [-0.05, 0) is 13.8 Å². The van der Waals surface area contributed by atoms with Crippen molar-refractivity contribution < 1.29 is 14.4 Å². The Morgan fingerprint density at radius 1 is 1.50 bits per heavy atom. The summed E-state index contributed by atoms with van der Waals surface area (Å²) in [6.07, 6.45) is 3.39. The van der Waals surface area contributed by atoms with Gasteiger partial charge in [0.25, 0.3) is 0 Å². The van der Waals surface area contributed by atoms with E-state index in [-0.39, 0.29) is 5.69 Å². The molecule has 0 bridgehead atoms. The van der Waals surface area contributed by atoms with Gasteiger partial charge in [-0.3, -0.25) is 4.40 Å². The van der Waals surface area contributed by atoms with Crippen molar-refractivity contribution in [3.05, 3.63) is 29.5 Å². The number of H-pyrrole nitrogens is 1. The summed E-state index contributed by atoms with van der Waals surface area (Å²) in [6, 6.07) is 0. The highest BCUT2D eigenvalue weighted by molar-refractivity contribution is 5.87. The molecule has 0 atom stereocenters. The van der Waals surface area contributed by atoms with Crippen LogP contribution in [0.4, 0.5) is 0 Å². The number of aryl methyl sites for hydroxylation is 2. The Kier molecular flexibility index (Phi) is 2.03. The Bertz CT molecular complexity index is 750. The topological polar surface area (TPSA) is 96.4 Å². The van der Waals surface area contributed by atoms with Crippen molar-refractivity contribution in [1.82, 2.24) is 19.5 Å². The quantitative estimate of drug-likeness (QED) is 0.716. The van der Waals surface area contributed by atoms with Crippen LogP contribution in [0.2, 0.25) is 0 Å². The lowest BCUT2D eigenvalue weighted by atomic mass is 10.2. The van der Waals surface area contributed by atoms with Crippen molar-refractivity contribution in [3.63, 3.8) is 0 Å². The number of imidazole rings is 2. The number of nitrogens with one attached hydrogen (secondary N) is 1. The molecule has 0 fully saturated rings. The van der Waals surface area contributed by atoms with Crippen LogP contribution in [-0.2, 0) is 0 Å². The van der Waals surface area contributed by atoms with E-state index in [1.54, 1.807) is 23.7 Å². The third-order valence-corrected chi connectivity index (χ3v) is 2.90. The number of fused-ring (bicyclic) bond motifs is 1. The van der Waals surface area contributed by atoms with Gasteiger partial charge in [-0.25, -0.2) is 9.78 Å². The van der Waals surface area contributed by atoms with Gasteiger partial charge in [0.05, 0.1) is 23.1 Å². The van der Waals surface area contributed by atoms with Gasteiger partial charge in [-0.15, -0.1) is 0 Å². The van der Waals surface area contributed by atoms with E-state index in [1.807, 2.05) is 6.92 Å². The molecule has 0 saturated heterocycles. The van der Waals surface area contributed by atoms with Gasteiger partial charge in [-0.1, -0.05) is 5.16 Å². The molecular weight excluding hydrogens is 236 g/mol. The van der Waals surface area contributed by atoms with Crippen LogP contribution in [-0.4, -0.2) is 30.6 Å². The number of hydrogen-bond donors (Lipinski definition) is 2. The van der Waals surface area contributed by atoms with Crippen molar-refractivity contribution in [2.24, 2.45) is 0 Å². The Labute approximate surface area is 101 Å². The van der Waals surface area contributed by atoms with E-state index >= 15 is 0 Å². The number of nitrogens with zero attached hydrogens (tertiary/aromatic N) is 3. The average molecular weight is 246 g/mol. The summed E-state index contributed by atoms with van der Waals surface area (Å²) in [7, 11) is 0. The summed E-state index contributed by atoms with van der Waals surface area (Å²) in [5.74, 6) is 0.142. The number of carbonyl (C=O) groups is 1. The SMILES string of the molecule is Cc1oncc1-c1cn2c(C)c(C(=O)O)nc2[nH]1. The zero-order valence-electron chi connectivity index (χ0n) is 9.76. The summed E-state index contributed by atoms with van der Waals surface area (Å²) >= 11 is 0. The fraction of sp³-hybridized carbons (Fsp3) is 0.182. The van der Waals surface area contributed by atoms with Gasteiger partial charge < -0.3 is 14.6 Å². The minimum absolute atomic E-state index is 0.0508. The summed E-state index contributed by atoms with van der Waals surface area (Å²) in [6.45, 7) is 3.52. The molecule has 0 spiro atoms. The standard InChI is InChI=1S/C11H10N4O3/c1-5-9(10(16)17)14-11-13-8(4-15(5)11)7-3-12-18-6(7)2/h3-4H,1-2H3,(H,13,14)(H,16,17). The van der Waals surface area contributed by atoms with Gasteiger partial charge in [-0.2, -0.15) is 0 Å². The molecule has 3 aromatic rings. The zero-order valence-corrected chi connectivity index (χ0v) is 9.76. The highest BCUT2D eigenvalue weighted by Gasteiger charge is 2.18. The van der Waals surface area contributed by atoms with Gasteiger partial charge in [0.1, 0.15) is 5.76 Å². The maximum Gasteiger partial charge on any atom is 0.356 e. The van der Waals surface area contributed by atoms with Crippen molar-refractivity contribution in [2.45, 2.75) is 13.8 Å². The van der Waals surface area contributed by atoms with Crippen LogP contribution in [0.1, 0.15) is 21.9 Å². The predicted molar refractivity (Wildman–Crippen MR) is 61.5 cm³/mol. The van der Waals surface area contributed by atoms with E-state index in [0.717, 1.165) is 11.3 Å². The summed E-state index contributed by atoms with van der Waals surface area (Å²) < 4.78 is 6.69. The molecule has 7 nitrogen and oxygen atoms in total. The molecular formula is C11H10N4O3. The second-order valence-electron chi connectivity index (χ2n) is 4.01. The van der Waals surface area contributed by atoms with Crippen LogP contribution in [0, 0.1) is 13.8 Å². The first-order valence-electron chi connectivity index (χ1n) is 5.30. The maximum absolute atomic E-state index is 10.9. The van der Waals surface area contributed by atoms with Crippen LogP contribution in [0.25, 0.3) is 17.0 Å². The van der Waals surface area contributed by atoms with E-state index in [0.29, 0.717) is 17.2 Å². The monoisotopic (exact) mass is 246 g/mol. The first-order chi connectivity index (χ1) is 8.58. The first kappa shape index (κ1) is 10.6. The second kappa shape index (κ2) is 3.46. The number of aromatic nitrogens is 4. The van der Waals surface area contributed by atoms with Gasteiger partial charge in [0.15, 0.2) is 5.69 Å². The van der Waals surface area contributed by atoms with E-state index in [2.05, 4.69) is 15.1 Å². The molecule has 0 aliphatic rings. The molecule has 7 heteroatoms. The maximum atomic E-state index is 10.9. The minimum Gasteiger partial charge on any atom is -0.476 e. The molecule has 2 N–H and O–H groups in total. The van der Waals surface area contributed by atoms with E-state index in [1.165, 1.54) is 0 Å². The molecule has 3 rings (SSSR count). The van der Waals surface area contributed by atoms with Crippen molar-refractivity contribution >= 4 is 11.7 Å². The average Bonchev–Trinajstić information content (AvgIpc) is 2.95. The molecule has 0 amide bonds.